The minimum absolute atomic E-state index is 0.0553. The van der Waals surface area contributed by atoms with E-state index in [-0.39, 0.29) is 17.1 Å². The highest BCUT2D eigenvalue weighted by molar-refractivity contribution is 6.34. The molecule has 1 atom stereocenters. The van der Waals surface area contributed by atoms with Crippen LogP contribution in [0, 0.1) is 10.1 Å². The Kier molecular flexibility index (Phi) is 3.89. The first kappa shape index (κ1) is 14.3. The van der Waals surface area contributed by atoms with Crippen LogP contribution < -0.4 is 0 Å². The summed E-state index contributed by atoms with van der Waals surface area (Å²) >= 11 is 5.87. The zero-order valence-electron chi connectivity index (χ0n) is 10.3. The highest BCUT2D eigenvalue weighted by Gasteiger charge is 2.37. The molecule has 1 amide bonds. The fraction of sp³-hybridized carbons (Fsp3) is 0.333. The number of carboxylic acids is 1. The molecule has 0 bridgehead atoms. The van der Waals surface area contributed by atoms with Crippen LogP contribution in [0.3, 0.4) is 0 Å². The van der Waals surface area contributed by atoms with Crippen molar-refractivity contribution in [3.05, 3.63) is 38.9 Å². The van der Waals surface area contributed by atoms with Crippen LogP contribution in [0.1, 0.15) is 23.2 Å². The lowest BCUT2D eigenvalue weighted by Crippen LogP contribution is -2.40. The van der Waals surface area contributed by atoms with Gasteiger partial charge in [-0.15, -0.1) is 0 Å². The molecule has 8 heteroatoms. The summed E-state index contributed by atoms with van der Waals surface area (Å²) in [7, 11) is 0. The fourth-order valence-corrected chi connectivity index (χ4v) is 2.54. The maximum absolute atomic E-state index is 12.4. The SMILES string of the molecule is O=C(O)[C@H]1CCCN1C(=O)c1c(Cl)cccc1[N+](=O)[O-]. The molecule has 1 N–H and O–H groups in total. The molecule has 1 fully saturated rings. The van der Waals surface area contributed by atoms with Crippen molar-refractivity contribution in [2.45, 2.75) is 18.9 Å². The monoisotopic (exact) mass is 298 g/mol. The highest BCUT2D eigenvalue weighted by atomic mass is 35.5. The summed E-state index contributed by atoms with van der Waals surface area (Å²) in [6, 6.07) is 2.95. The van der Waals surface area contributed by atoms with Crippen LogP contribution in [-0.4, -0.2) is 39.4 Å². The minimum atomic E-state index is -1.12. The van der Waals surface area contributed by atoms with E-state index in [2.05, 4.69) is 0 Å². The maximum atomic E-state index is 12.4. The van der Waals surface area contributed by atoms with E-state index in [9.17, 15) is 19.7 Å². The lowest BCUT2D eigenvalue weighted by atomic mass is 10.1. The number of carbonyl (C=O) groups is 2. The van der Waals surface area contributed by atoms with E-state index < -0.39 is 28.5 Å². The Labute approximate surface area is 118 Å². The van der Waals surface area contributed by atoms with Crippen LogP contribution in [0.5, 0.6) is 0 Å². The van der Waals surface area contributed by atoms with Crippen LogP contribution in [0.25, 0.3) is 0 Å². The van der Waals surface area contributed by atoms with Gasteiger partial charge < -0.3 is 10.0 Å². The number of hydrogen-bond acceptors (Lipinski definition) is 4. The number of carboxylic acid groups (broad SMARTS) is 1. The summed E-state index contributed by atoms with van der Waals surface area (Å²) in [5.74, 6) is -1.84. The van der Waals surface area contributed by atoms with Crippen molar-refractivity contribution in [3.8, 4) is 0 Å². The smallest absolute Gasteiger partial charge is 0.326 e. The van der Waals surface area contributed by atoms with Crippen molar-refractivity contribution in [1.29, 1.82) is 0 Å². The molecule has 1 aliphatic heterocycles. The number of carbonyl (C=O) groups excluding carboxylic acids is 1. The number of nitrogens with zero attached hydrogens (tertiary/aromatic N) is 2. The van der Waals surface area contributed by atoms with Crippen molar-refractivity contribution in [1.82, 2.24) is 4.90 Å². The molecule has 0 spiro atoms. The average Bonchev–Trinajstić information content (AvgIpc) is 2.86. The number of aliphatic carboxylic acids is 1. The topological polar surface area (TPSA) is 101 Å². The number of hydrogen-bond donors (Lipinski definition) is 1. The summed E-state index contributed by atoms with van der Waals surface area (Å²) < 4.78 is 0. The predicted octanol–water partition coefficient (Wildman–Crippen LogP) is 1.94. The Hall–Kier alpha value is -2.15. The molecule has 0 unspecified atom stereocenters. The van der Waals surface area contributed by atoms with E-state index in [0.717, 1.165) is 4.90 Å². The number of nitro benzene ring substituents is 1. The number of amides is 1. The summed E-state index contributed by atoms with van der Waals surface area (Å²) in [6.45, 7) is 0.248. The van der Waals surface area contributed by atoms with Crippen molar-refractivity contribution < 1.29 is 19.6 Å². The molecule has 1 heterocycles. The van der Waals surface area contributed by atoms with Gasteiger partial charge in [-0.25, -0.2) is 4.79 Å². The quantitative estimate of drug-likeness (QED) is 0.679. The molecule has 0 aliphatic carbocycles. The van der Waals surface area contributed by atoms with Crippen LogP contribution in [0.2, 0.25) is 5.02 Å². The second-order valence-corrected chi connectivity index (χ2v) is 4.79. The van der Waals surface area contributed by atoms with Gasteiger partial charge in [0.25, 0.3) is 11.6 Å². The third-order valence-electron chi connectivity index (χ3n) is 3.20. The molecule has 2 rings (SSSR count). The number of benzene rings is 1. The lowest BCUT2D eigenvalue weighted by Gasteiger charge is -2.21. The molecule has 0 radical (unpaired) electrons. The van der Waals surface area contributed by atoms with Gasteiger partial charge in [-0.3, -0.25) is 14.9 Å². The van der Waals surface area contributed by atoms with Crippen molar-refractivity contribution in [2.24, 2.45) is 0 Å². The van der Waals surface area contributed by atoms with Crippen LogP contribution >= 0.6 is 11.6 Å². The highest BCUT2D eigenvalue weighted by Crippen LogP contribution is 2.30. The number of nitro groups is 1. The van der Waals surface area contributed by atoms with Crippen LogP contribution in [0.15, 0.2) is 18.2 Å². The summed E-state index contributed by atoms with van der Waals surface area (Å²) in [5, 5.41) is 20.0. The first-order chi connectivity index (χ1) is 9.43. The van der Waals surface area contributed by atoms with Gasteiger partial charge in [0.1, 0.15) is 11.6 Å². The molecule has 0 aromatic heterocycles. The van der Waals surface area contributed by atoms with E-state index >= 15 is 0 Å². The van der Waals surface area contributed by atoms with Crippen molar-refractivity contribution >= 4 is 29.2 Å². The molecule has 106 valence electrons. The molecular formula is C12H11ClN2O5. The molecule has 7 nitrogen and oxygen atoms in total. The summed E-state index contributed by atoms with van der Waals surface area (Å²) in [5.41, 5.74) is -0.675. The minimum Gasteiger partial charge on any atom is -0.480 e. The average molecular weight is 299 g/mol. The van der Waals surface area contributed by atoms with Gasteiger partial charge in [-0.05, 0) is 18.9 Å². The molecule has 20 heavy (non-hydrogen) atoms. The Morgan fingerprint density at radius 3 is 2.75 bits per heavy atom. The first-order valence-electron chi connectivity index (χ1n) is 5.90. The van der Waals surface area contributed by atoms with Gasteiger partial charge in [0, 0.05) is 12.6 Å². The number of likely N-dealkylation sites (tertiary alicyclic amines) is 1. The van der Waals surface area contributed by atoms with Gasteiger partial charge in [0.2, 0.25) is 0 Å². The second-order valence-electron chi connectivity index (χ2n) is 4.39. The zero-order valence-corrected chi connectivity index (χ0v) is 11.0. The predicted molar refractivity (Wildman–Crippen MR) is 69.8 cm³/mol. The lowest BCUT2D eigenvalue weighted by molar-refractivity contribution is -0.385. The van der Waals surface area contributed by atoms with Crippen molar-refractivity contribution in [2.75, 3.05) is 6.54 Å². The van der Waals surface area contributed by atoms with Crippen LogP contribution in [-0.2, 0) is 4.79 Å². The van der Waals surface area contributed by atoms with E-state index in [0.29, 0.717) is 12.8 Å². The zero-order chi connectivity index (χ0) is 14.9. The van der Waals surface area contributed by atoms with E-state index in [1.54, 1.807) is 0 Å². The molecular weight excluding hydrogens is 288 g/mol. The third kappa shape index (κ3) is 2.44. The van der Waals surface area contributed by atoms with Gasteiger partial charge in [-0.2, -0.15) is 0 Å². The normalized spacial score (nSPS) is 18.1. The first-order valence-corrected chi connectivity index (χ1v) is 6.28. The number of halogens is 1. The third-order valence-corrected chi connectivity index (χ3v) is 3.52. The maximum Gasteiger partial charge on any atom is 0.326 e. The Balaban J connectivity index is 2.44. The Morgan fingerprint density at radius 1 is 1.45 bits per heavy atom. The molecule has 1 saturated heterocycles. The molecule has 1 aliphatic rings. The van der Waals surface area contributed by atoms with Gasteiger partial charge in [-0.1, -0.05) is 17.7 Å². The second kappa shape index (κ2) is 5.46. The van der Waals surface area contributed by atoms with Gasteiger partial charge in [0.05, 0.1) is 9.95 Å². The fourth-order valence-electron chi connectivity index (χ4n) is 2.29. The van der Waals surface area contributed by atoms with Crippen molar-refractivity contribution in [3.63, 3.8) is 0 Å². The van der Waals surface area contributed by atoms with Gasteiger partial charge in [0.15, 0.2) is 0 Å². The number of rotatable bonds is 3. The van der Waals surface area contributed by atoms with E-state index in [1.807, 2.05) is 0 Å². The summed E-state index contributed by atoms with van der Waals surface area (Å²) in [6.07, 6.45) is 0.875. The van der Waals surface area contributed by atoms with Crippen LogP contribution in [0.4, 0.5) is 5.69 Å². The largest absolute Gasteiger partial charge is 0.480 e. The molecule has 1 aromatic carbocycles. The van der Waals surface area contributed by atoms with E-state index in [1.165, 1.54) is 18.2 Å². The van der Waals surface area contributed by atoms with Gasteiger partial charge >= 0.3 is 5.97 Å². The molecule has 1 aromatic rings. The summed E-state index contributed by atoms with van der Waals surface area (Å²) in [4.78, 5) is 34.9. The Morgan fingerprint density at radius 2 is 2.15 bits per heavy atom. The van der Waals surface area contributed by atoms with E-state index in [4.69, 9.17) is 16.7 Å². The molecule has 0 saturated carbocycles. The standard InChI is InChI=1S/C12H11ClN2O5/c13-7-3-1-4-8(15(19)20)10(7)11(16)14-6-2-5-9(14)12(17)18/h1,3-4,9H,2,5-6H2,(H,17,18)/t9-/m1/s1. The Bertz CT molecular complexity index is 589.